The molecule has 0 atom stereocenters. The maximum absolute atomic E-state index is 11.9. The molecule has 0 N–H and O–H groups in total. The highest BCUT2D eigenvalue weighted by molar-refractivity contribution is 5.88. The Morgan fingerprint density at radius 1 is 1.22 bits per heavy atom. The highest BCUT2D eigenvalue weighted by Crippen LogP contribution is 2.14. The summed E-state index contributed by atoms with van der Waals surface area (Å²) in [7, 11) is 1.75. The van der Waals surface area contributed by atoms with E-state index in [0.29, 0.717) is 11.3 Å². The Bertz CT molecular complexity index is 714. The summed E-state index contributed by atoms with van der Waals surface area (Å²) in [5.74, 6) is 0.391. The van der Waals surface area contributed by atoms with Crippen LogP contribution in [0.4, 0.5) is 4.79 Å². The zero-order valence-corrected chi connectivity index (χ0v) is 9.65. The van der Waals surface area contributed by atoms with Gasteiger partial charge in [0, 0.05) is 12.4 Å². The van der Waals surface area contributed by atoms with Crippen LogP contribution in [-0.2, 0) is 7.05 Å². The molecular formula is C12H10N4O2. The second-order valence-corrected chi connectivity index (χ2v) is 3.83. The van der Waals surface area contributed by atoms with Crippen molar-refractivity contribution in [2.75, 3.05) is 0 Å². The number of hydrogen-bond acceptors (Lipinski definition) is 4. The molecule has 6 nitrogen and oxygen atoms in total. The molecule has 0 aliphatic carbocycles. The maximum atomic E-state index is 11.9. The number of carbonyl (C=O) groups is 1. The van der Waals surface area contributed by atoms with Crippen molar-refractivity contribution < 1.29 is 9.53 Å². The predicted molar refractivity (Wildman–Crippen MR) is 64.4 cm³/mol. The van der Waals surface area contributed by atoms with Gasteiger partial charge in [0.2, 0.25) is 0 Å². The smallest absolute Gasteiger partial charge is 0.405 e. The Kier molecular flexibility index (Phi) is 2.33. The van der Waals surface area contributed by atoms with Crippen molar-refractivity contribution in [3.8, 4) is 5.75 Å². The van der Waals surface area contributed by atoms with Crippen LogP contribution < -0.4 is 4.74 Å². The molecule has 0 aliphatic heterocycles. The molecule has 3 aromatic rings. The largest absolute Gasteiger partial charge is 0.440 e. The average molecular weight is 242 g/mol. The number of aromatic nitrogens is 4. The van der Waals surface area contributed by atoms with E-state index in [0.717, 1.165) is 5.39 Å². The van der Waals surface area contributed by atoms with Gasteiger partial charge in [-0.3, -0.25) is 4.68 Å². The normalized spacial score (nSPS) is 10.7. The summed E-state index contributed by atoms with van der Waals surface area (Å²) in [5.41, 5.74) is 0.714. The van der Waals surface area contributed by atoms with Gasteiger partial charge in [-0.15, -0.1) is 0 Å². The molecule has 0 spiro atoms. The highest BCUT2D eigenvalue weighted by Gasteiger charge is 2.13. The fourth-order valence-corrected chi connectivity index (χ4v) is 1.71. The molecule has 90 valence electrons. The number of ether oxygens (including phenoxy) is 1. The second kappa shape index (κ2) is 3.99. The zero-order valence-electron chi connectivity index (χ0n) is 9.65. The van der Waals surface area contributed by atoms with E-state index in [9.17, 15) is 4.79 Å². The van der Waals surface area contributed by atoms with E-state index in [2.05, 4.69) is 10.2 Å². The summed E-state index contributed by atoms with van der Waals surface area (Å²) in [6.45, 7) is 0. The minimum absolute atomic E-state index is 0.391. The molecule has 0 amide bonds. The molecule has 1 aromatic carbocycles. The van der Waals surface area contributed by atoms with Gasteiger partial charge in [0.05, 0.1) is 24.1 Å². The first-order valence-electron chi connectivity index (χ1n) is 5.37. The zero-order chi connectivity index (χ0) is 12.5. The molecule has 0 radical (unpaired) electrons. The Morgan fingerprint density at radius 2 is 2.06 bits per heavy atom. The lowest BCUT2D eigenvalue weighted by Crippen LogP contribution is -2.17. The molecule has 0 fully saturated rings. The molecule has 0 bridgehead atoms. The van der Waals surface area contributed by atoms with E-state index in [4.69, 9.17) is 4.74 Å². The SMILES string of the molecule is Cn1cc(OC(=O)n2ncc3ccccc32)cn1. The Labute approximate surface area is 102 Å². The van der Waals surface area contributed by atoms with Crippen molar-refractivity contribution >= 4 is 17.0 Å². The van der Waals surface area contributed by atoms with Crippen molar-refractivity contribution in [3.63, 3.8) is 0 Å². The number of benzene rings is 1. The lowest BCUT2D eigenvalue weighted by molar-refractivity contribution is 0.200. The van der Waals surface area contributed by atoms with E-state index in [-0.39, 0.29) is 0 Å². The number of rotatable bonds is 1. The highest BCUT2D eigenvalue weighted by atomic mass is 16.6. The van der Waals surface area contributed by atoms with Crippen molar-refractivity contribution in [1.29, 1.82) is 0 Å². The van der Waals surface area contributed by atoms with Gasteiger partial charge >= 0.3 is 6.09 Å². The molecule has 0 unspecified atom stereocenters. The van der Waals surface area contributed by atoms with E-state index in [1.54, 1.807) is 24.1 Å². The third-order valence-electron chi connectivity index (χ3n) is 2.54. The van der Waals surface area contributed by atoms with Crippen molar-refractivity contribution in [2.45, 2.75) is 0 Å². The minimum atomic E-state index is -0.552. The van der Waals surface area contributed by atoms with Crippen LogP contribution in [0.2, 0.25) is 0 Å². The van der Waals surface area contributed by atoms with Crippen LogP contribution in [0.15, 0.2) is 42.9 Å². The van der Waals surface area contributed by atoms with Gasteiger partial charge in [-0.2, -0.15) is 14.9 Å². The molecule has 0 saturated heterocycles. The molecule has 6 heteroatoms. The third kappa shape index (κ3) is 1.73. The summed E-state index contributed by atoms with van der Waals surface area (Å²) in [4.78, 5) is 11.9. The standard InChI is InChI=1S/C12H10N4O2/c1-15-8-10(7-13-15)18-12(17)16-11-5-3-2-4-9(11)6-14-16/h2-8H,1H3. The van der Waals surface area contributed by atoms with Crippen LogP contribution in [0.1, 0.15) is 0 Å². The Balaban J connectivity index is 1.92. The molecule has 0 saturated carbocycles. The van der Waals surface area contributed by atoms with Crippen LogP contribution in [-0.4, -0.2) is 25.7 Å². The second-order valence-electron chi connectivity index (χ2n) is 3.83. The van der Waals surface area contributed by atoms with Crippen LogP contribution in [0.5, 0.6) is 5.75 Å². The monoisotopic (exact) mass is 242 g/mol. The van der Waals surface area contributed by atoms with Crippen LogP contribution in [0.3, 0.4) is 0 Å². The number of para-hydroxylation sites is 1. The van der Waals surface area contributed by atoms with Crippen molar-refractivity contribution in [1.82, 2.24) is 19.6 Å². The molecular weight excluding hydrogens is 232 g/mol. The molecule has 2 heterocycles. The first kappa shape index (κ1) is 10.5. The average Bonchev–Trinajstić information content (AvgIpc) is 2.95. The Morgan fingerprint density at radius 3 is 2.83 bits per heavy atom. The summed E-state index contributed by atoms with van der Waals surface area (Å²) < 4.78 is 7.95. The Hall–Kier alpha value is -2.63. The summed E-state index contributed by atoms with van der Waals surface area (Å²) >= 11 is 0. The minimum Gasteiger partial charge on any atom is -0.405 e. The number of carbonyl (C=O) groups excluding carboxylic acids is 1. The quantitative estimate of drug-likeness (QED) is 0.653. The van der Waals surface area contributed by atoms with Crippen molar-refractivity contribution in [3.05, 3.63) is 42.9 Å². The number of aryl methyl sites for hydroxylation is 1. The predicted octanol–water partition coefficient (Wildman–Crippen LogP) is 1.82. The van der Waals surface area contributed by atoms with Crippen LogP contribution in [0, 0.1) is 0 Å². The number of fused-ring (bicyclic) bond motifs is 1. The maximum Gasteiger partial charge on any atom is 0.440 e. The number of nitrogens with zero attached hydrogens (tertiary/aromatic N) is 4. The molecule has 0 aliphatic rings. The third-order valence-corrected chi connectivity index (χ3v) is 2.54. The number of hydrogen-bond donors (Lipinski definition) is 0. The summed E-state index contributed by atoms with van der Waals surface area (Å²) in [5, 5.41) is 8.83. The van der Waals surface area contributed by atoms with Gasteiger partial charge in [0.1, 0.15) is 0 Å². The van der Waals surface area contributed by atoms with E-state index < -0.39 is 6.09 Å². The molecule has 18 heavy (non-hydrogen) atoms. The lowest BCUT2D eigenvalue weighted by Gasteiger charge is -2.01. The van der Waals surface area contributed by atoms with E-state index >= 15 is 0 Å². The lowest BCUT2D eigenvalue weighted by atomic mass is 10.3. The van der Waals surface area contributed by atoms with Crippen LogP contribution >= 0.6 is 0 Å². The first-order chi connectivity index (χ1) is 8.74. The first-order valence-corrected chi connectivity index (χ1v) is 5.37. The van der Waals surface area contributed by atoms with Gasteiger partial charge < -0.3 is 4.74 Å². The van der Waals surface area contributed by atoms with Crippen molar-refractivity contribution in [2.24, 2.45) is 7.05 Å². The topological polar surface area (TPSA) is 61.9 Å². The summed E-state index contributed by atoms with van der Waals surface area (Å²) in [6.07, 6.45) is 4.16. The van der Waals surface area contributed by atoms with E-state index in [1.807, 2.05) is 24.3 Å². The fourth-order valence-electron chi connectivity index (χ4n) is 1.71. The molecule has 2 aromatic heterocycles. The van der Waals surface area contributed by atoms with Gasteiger partial charge in [0.25, 0.3) is 0 Å². The van der Waals surface area contributed by atoms with Gasteiger partial charge in [0.15, 0.2) is 5.75 Å². The summed E-state index contributed by atoms with van der Waals surface area (Å²) in [6, 6.07) is 7.43. The van der Waals surface area contributed by atoms with Crippen LogP contribution in [0.25, 0.3) is 10.9 Å². The van der Waals surface area contributed by atoms with E-state index in [1.165, 1.54) is 10.9 Å². The van der Waals surface area contributed by atoms with Gasteiger partial charge in [-0.25, -0.2) is 4.79 Å². The van der Waals surface area contributed by atoms with Gasteiger partial charge in [-0.1, -0.05) is 18.2 Å². The molecule has 3 rings (SSSR count). The van der Waals surface area contributed by atoms with Gasteiger partial charge in [-0.05, 0) is 6.07 Å². The fraction of sp³-hybridized carbons (Fsp3) is 0.0833.